The van der Waals surface area contributed by atoms with Crippen molar-refractivity contribution in [3.05, 3.63) is 35.4 Å². The van der Waals surface area contributed by atoms with Gasteiger partial charge in [0.2, 0.25) is 0 Å². The fraction of sp³-hybridized carbons (Fsp3) is 0.533. The van der Waals surface area contributed by atoms with Crippen LogP contribution in [0.4, 0.5) is 8.78 Å². The number of carbonyl (C=O) groups is 1. The lowest BCUT2D eigenvalue weighted by Gasteiger charge is -2.31. The molecule has 2 rings (SSSR count). The Balaban J connectivity index is 1.85. The first-order valence-electron chi connectivity index (χ1n) is 6.92. The highest BCUT2D eigenvalue weighted by atomic mass is 19.1. The molecule has 1 saturated heterocycles. The molecule has 1 unspecified atom stereocenters. The van der Waals surface area contributed by atoms with E-state index in [1.165, 1.54) is 12.1 Å². The number of hydrogen-bond acceptors (Lipinski definition) is 2. The quantitative estimate of drug-likeness (QED) is 0.903. The van der Waals surface area contributed by atoms with Crippen LogP contribution in [0.2, 0.25) is 0 Å². The van der Waals surface area contributed by atoms with Crippen LogP contribution in [-0.2, 0) is 11.2 Å². The molecule has 1 aliphatic rings. The molecule has 0 bridgehead atoms. The summed E-state index contributed by atoms with van der Waals surface area (Å²) in [5.41, 5.74) is 0.529. The molecule has 0 aliphatic carbocycles. The average molecular weight is 283 g/mol. The van der Waals surface area contributed by atoms with E-state index in [9.17, 15) is 13.6 Å². The SMILES string of the molecule is O=C(O)CN1CCCC(CCc2ccc(F)cc2F)C1. The smallest absolute Gasteiger partial charge is 0.317 e. The van der Waals surface area contributed by atoms with Crippen molar-refractivity contribution in [2.45, 2.75) is 25.7 Å². The lowest BCUT2D eigenvalue weighted by Crippen LogP contribution is -2.38. The first-order valence-corrected chi connectivity index (χ1v) is 6.92. The highest BCUT2D eigenvalue weighted by molar-refractivity contribution is 5.69. The van der Waals surface area contributed by atoms with Crippen molar-refractivity contribution in [3.63, 3.8) is 0 Å². The van der Waals surface area contributed by atoms with E-state index in [0.29, 0.717) is 17.9 Å². The molecule has 1 atom stereocenters. The van der Waals surface area contributed by atoms with Crippen LogP contribution in [0.5, 0.6) is 0 Å². The minimum Gasteiger partial charge on any atom is -0.480 e. The molecule has 1 aliphatic heterocycles. The highest BCUT2D eigenvalue weighted by Crippen LogP contribution is 2.22. The molecule has 1 heterocycles. The van der Waals surface area contributed by atoms with Gasteiger partial charge in [0.1, 0.15) is 11.6 Å². The molecule has 0 spiro atoms. The van der Waals surface area contributed by atoms with Crippen molar-refractivity contribution in [1.82, 2.24) is 4.90 Å². The maximum atomic E-state index is 13.5. The number of aryl methyl sites for hydroxylation is 1. The van der Waals surface area contributed by atoms with Gasteiger partial charge in [0.15, 0.2) is 0 Å². The lowest BCUT2D eigenvalue weighted by molar-refractivity contribution is -0.138. The van der Waals surface area contributed by atoms with E-state index in [4.69, 9.17) is 5.11 Å². The molecule has 3 nitrogen and oxygen atoms in total. The highest BCUT2D eigenvalue weighted by Gasteiger charge is 2.21. The van der Waals surface area contributed by atoms with Crippen molar-refractivity contribution >= 4 is 5.97 Å². The number of halogens is 2. The monoisotopic (exact) mass is 283 g/mol. The minimum absolute atomic E-state index is 0.0708. The Morgan fingerprint density at radius 2 is 2.20 bits per heavy atom. The van der Waals surface area contributed by atoms with Crippen molar-refractivity contribution in [1.29, 1.82) is 0 Å². The molecule has 110 valence electrons. The summed E-state index contributed by atoms with van der Waals surface area (Å²) in [5, 5.41) is 8.80. The fourth-order valence-corrected chi connectivity index (χ4v) is 2.81. The molecule has 0 aromatic heterocycles. The van der Waals surface area contributed by atoms with Gasteiger partial charge in [-0.25, -0.2) is 8.78 Å². The Bertz CT molecular complexity index is 479. The second-order valence-electron chi connectivity index (χ2n) is 5.41. The lowest BCUT2D eigenvalue weighted by atomic mass is 9.91. The summed E-state index contributed by atoms with van der Waals surface area (Å²) in [6.07, 6.45) is 3.39. The third-order valence-electron chi connectivity index (χ3n) is 3.80. The zero-order valence-corrected chi connectivity index (χ0v) is 11.3. The second kappa shape index (κ2) is 6.79. The predicted molar refractivity (Wildman–Crippen MR) is 71.5 cm³/mol. The molecule has 1 N–H and O–H groups in total. The van der Waals surface area contributed by atoms with Crippen molar-refractivity contribution < 1.29 is 18.7 Å². The topological polar surface area (TPSA) is 40.5 Å². The summed E-state index contributed by atoms with van der Waals surface area (Å²) in [6, 6.07) is 3.67. The van der Waals surface area contributed by atoms with E-state index >= 15 is 0 Å². The molecule has 20 heavy (non-hydrogen) atoms. The van der Waals surface area contributed by atoms with Crippen LogP contribution in [0.3, 0.4) is 0 Å². The Kier molecular flexibility index (Phi) is 5.06. The molecule has 1 aromatic carbocycles. The van der Waals surface area contributed by atoms with E-state index in [1.54, 1.807) is 0 Å². The first-order chi connectivity index (χ1) is 9.54. The molecule has 5 heteroatoms. The fourth-order valence-electron chi connectivity index (χ4n) is 2.81. The summed E-state index contributed by atoms with van der Waals surface area (Å²) in [4.78, 5) is 12.6. The van der Waals surface area contributed by atoms with E-state index in [-0.39, 0.29) is 6.54 Å². The number of nitrogens with zero attached hydrogens (tertiary/aromatic N) is 1. The molecular formula is C15H19F2NO2. The van der Waals surface area contributed by atoms with Gasteiger partial charge in [0.25, 0.3) is 0 Å². The molecular weight excluding hydrogens is 264 g/mol. The second-order valence-corrected chi connectivity index (χ2v) is 5.41. The van der Waals surface area contributed by atoms with Gasteiger partial charge in [-0.05, 0) is 49.8 Å². The van der Waals surface area contributed by atoms with Crippen LogP contribution in [0, 0.1) is 17.6 Å². The third-order valence-corrected chi connectivity index (χ3v) is 3.80. The maximum Gasteiger partial charge on any atom is 0.317 e. The van der Waals surface area contributed by atoms with Gasteiger partial charge >= 0.3 is 5.97 Å². The van der Waals surface area contributed by atoms with Gasteiger partial charge in [0.05, 0.1) is 6.54 Å². The van der Waals surface area contributed by atoms with E-state index in [0.717, 1.165) is 38.4 Å². The Labute approximate surface area is 117 Å². The van der Waals surface area contributed by atoms with Gasteiger partial charge in [-0.2, -0.15) is 0 Å². The standard InChI is InChI=1S/C15H19F2NO2/c16-13-6-5-12(14(17)8-13)4-3-11-2-1-7-18(9-11)10-15(19)20/h5-6,8,11H,1-4,7,9-10H2,(H,19,20). The van der Waals surface area contributed by atoms with Gasteiger partial charge in [-0.1, -0.05) is 6.07 Å². The van der Waals surface area contributed by atoms with Crippen LogP contribution < -0.4 is 0 Å². The van der Waals surface area contributed by atoms with Gasteiger partial charge in [-0.15, -0.1) is 0 Å². The minimum atomic E-state index is -0.810. The van der Waals surface area contributed by atoms with Crippen molar-refractivity contribution in [3.8, 4) is 0 Å². The van der Waals surface area contributed by atoms with Crippen LogP contribution >= 0.6 is 0 Å². The maximum absolute atomic E-state index is 13.5. The van der Waals surface area contributed by atoms with Crippen LogP contribution in [-0.4, -0.2) is 35.6 Å². The number of rotatable bonds is 5. The predicted octanol–water partition coefficient (Wildman–Crippen LogP) is 2.69. The number of benzene rings is 1. The van der Waals surface area contributed by atoms with Crippen LogP contribution in [0.1, 0.15) is 24.8 Å². The Morgan fingerprint density at radius 3 is 2.90 bits per heavy atom. The summed E-state index contributed by atoms with van der Waals surface area (Å²) >= 11 is 0. The van der Waals surface area contributed by atoms with Crippen LogP contribution in [0.25, 0.3) is 0 Å². The zero-order chi connectivity index (χ0) is 14.5. The molecule has 0 saturated carbocycles. The Hall–Kier alpha value is -1.49. The van der Waals surface area contributed by atoms with Crippen LogP contribution in [0.15, 0.2) is 18.2 Å². The van der Waals surface area contributed by atoms with E-state index in [1.807, 2.05) is 4.90 Å². The number of likely N-dealkylation sites (tertiary alicyclic amines) is 1. The largest absolute Gasteiger partial charge is 0.480 e. The average Bonchev–Trinajstić information content (AvgIpc) is 2.37. The van der Waals surface area contributed by atoms with Gasteiger partial charge in [0, 0.05) is 12.6 Å². The van der Waals surface area contributed by atoms with Crippen molar-refractivity contribution in [2.75, 3.05) is 19.6 Å². The molecule has 0 radical (unpaired) electrons. The third kappa shape index (κ3) is 4.27. The summed E-state index contributed by atoms with van der Waals surface area (Å²) in [7, 11) is 0. The molecule has 0 amide bonds. The number of carboxylic acid groups (broad SMARTS) is 1. The van der Waals surface area contributed by atoms with E-state index < -0.39 is 17.6 Å². The van der Waals surface area contributed by atoms with Gasteiger partial charge in [-0.3, -0.25) is 9.69 Å². The first kappa shape index (κ1) is 14.9. The Morgan fingerprint density at radius 1 is 1.40 bits per heavy atom. The zero-order valence-electron chi connectivity index (χ0n) is 11.3. The number of carboxylic acids is 1. The number of piperidine rings is 1. The number of hydrogen-bond donors (Lipinski definition) is 1. The van der Waals surface area contributed by atoms with Crippen molar-refractivity contribution in [2.24, 2.45) is 5.92 Å². The summed E-state index contributed by atoms with van der Waals surface area (Å²) in [5.74, 6) is -1.48. The summed E-state index contributed by atoms with van der Waals surface area (Å²) in [6.45, 7) is 1.63. The molecule has 1 aromatic rings. The number of aliphatic carboxylic acids is 1. The molecule has 1 fully saturated rings. The normalized spacial score (nSPS) is 20.0. The van der Waals surface area contributed by atoms with Gasteiger partial charge < -0.3 is 5.11 Å². The summed E-state index contributed by atoms with van der Waals surface area (Å²) < 4.78 is 26.3. The van der Waals surface area contributed by atoms with E-state index in [2.05, 4.69) is 0 Å².